The lowest BCUT2D eigenvalue weighted by molar-refractivity contribution is -0.250. The van der Waals surface area contributed by atoms with E-state index in [2.05, 4.69) is 4.98 Å². The molecule has 0 amide bonds. The Bertz CT molecular complexity index is 546. The molecule has 3 nitrogen and oxygen atoms in total. The first-order chi connectivity index (χ1) is 9.44. The molecule has 21 heavy (non-hydrogen) atoms. The lowest BCUT2D eigenvalue weighted by Crippen LogP contribution is -2.47. The van der Waals surface area contributed by atoms with Gasteiger partial charge in [0.15, 0.2) is 5.60 Å². The van der Waals surface area contributed by atoms with Gasteiger partial charge in [0.2, 0.25) is 0 Å². The summed E-state index contributed by atoms with van der Waals surface area (Å²) in [6.07, 6.45) is -9.59. The van der Waals surface area contributed by atoms with Crippen LogP contribution in [-0.4, -0.2) is 35.0 Å². The average molecular weight is 335 g/mol. The van der Waals surface area contributed by atoms with Gasteiger partial charge >= 0.3 is 12.4 Å². The molecule has 0 aromatic carbocycles. The zero-order valence-corrected chi connectivity index (χ0v) is 11.0. The normalized spacial score (nSPS) is 23.7. The van der Waals surface area contributed by atoms with Crippen LogP contribution in [0.25, 0.3) is 0 Å². The molecule has 1 atom stereocenters. The number of pyridine rings is 1. The van der Waals surface area contributed by atoms with Crippen molar-refractivity contribution in [1.29, 1.82) is 0 Å². The van der Waals surface area contributed by atoms with Crippen LogP contribution in [0.2, 0.25) is 5.02 Å². The van der Waals surface area contributed by atoms with E-state index in [1.165, 1.54) is 0 Å². The highest BCUT2D eigenvalue weighted by atomic mass is 35.5. The Kier molecular flexibility index (Phi) is 3.78. The quantitative estimate of drug-likeness (QED) is 0.801. The average Bonchev–Trinajstić information content (AvgIpc) is 2.71. The van der Waals surface area contributed by atoms with Crippen LogP contribution in [0.3, 0.4) is 0 Å². The molecule has 1 saturated heterocycles. The van der Waals surface area contributed by atoms with Crippen LogP contribution in [0.5, 0.6) is 0 Å². The first-order valence-electron chi connectivity index (χ1n) is 5.71. The summed E-state index contributed by atoms with van der Waals surface area (Å²) < 4.78 is 75.4. The molecular weight excluding hydrogens is 326 g/mol. The number of nitrogens with zero attached hydrogens (tertiary/aromatic N) is 2. The van der Waals surface area contributed by atoms with E-state index in [4.69, 9.17) is 11.6 Å². The number of halogens is 7. The van der Waals surface area contributed by atoms with Crippen molar-refractivity contribution in [2.45, 2.75) is 24.4 Å². The molecule has 0 spiro atoms. The summed E-state index contributed by atoms with van der Waals surface area (Å²) in [5, 5.41) is 9.10. The number of alkyl halides is 6. The monoisotopic (exact) mass is 334 g/mol. The lowest BCUT2D eigenvalue weighted by Gasteiger charge is -2.26. The van der Waals surface area contributed by atoms with Crippen molar-refractivity contribution in [3.63, 3.8) is 0 Å². The summed E-state index contributed by atoms with van der Waals surface area (Å²) in [7, 11) is 0. The van der Waals surface area contributed by atoms with Crippen molar-refractivity contribution < 1.29 is 31.4 Å². The molecule has 1 fully saturated rings. The first-order valence-corrected chi connectivity index (χ1v) is 6.09. The van der Waals surface area contributed by atoms with Crippen LogP contribution in [0.15, 0.2) is 12.3 Å². The molecule has 0 bridgehead atoms. The number of anilines is 1. The molecule has 2 heterocycles. The number of hydrogen-bond acceptors (Lipinski definition) is 3. The van der Waals surface area contributed by atoms with Crippen molar-refractivity contribution >= 4 is 17.4 Å². The number of hydrogen-bond donors (Lipinski definition) is 1. The third-order valence-electron chi connectivity index (χ3n) is 3.22. The number of rotatable bonds is 1. The van der Waals surface area contributed by atoms with Gasteiger partial charge in [-0.25, -0.2) is 4.98 Å². The van der Waals surface area contributed by atoms with Gasteiger partial charge in [-0.1, -0.05) is 11.6 Å². The van der Waals surface area contributed by atoms with E-state index in [9.17, 15) is 31.4 Å². The third kappa shape index (κ3) is 3.03. The summed E-state index contributed by atoms with van der Waals surface area (Å²) >= 11 is 5.66. The zero-order chi connectivity index (χ0) is 16.1. The summed E-state index contributed by atoms with van der Waals surface area (Å²) in [4.78, 5) is 4.48. The highest BCUT2D eigenvalue weighted by Gasteiger charge is 2.57. The van der Waals surface area contributed by atoms with E-state index in [0.29, 0.717) is 12.3 Å². The van der Waals surface area contributed by atoms with Gasteiger partial charge in [-0.05, 0) is 6.07 Å². The van der Waals surface area contributed by atoms with Gasteiger partial charge in [-0.2, -0.15) is 26.3 Å². The van der Waals surface area contributed by atoms with E-state index in [1.54, 1.807) is 0 Å². The maximum absolute atomic E-state index is 12.7. The Morgan fingerprint density at radius 1 is 1.24 bits per heavy atom. The van der Waals surface area contributed by atoms with E-state index in [-0.39, 0.29) is 12.4 Å². The molecule has 1 N–H and O–H groups in total. The fraction of sp³-hybridized carbons (Fsp3) is 0.545. The van der Waals surface area contributed by atoms with Crippen LogP contribution in [0, 0.1) is 0 Å². The van der Waals surface area contributed by atoms with E-state index in [0.717, 1.165) is 4.90 Å². The van der Waals surface area contributed by atoms with Crippen LogP contribution in [0.4, 0.5) is 32.2 Å². The Morgan fingerprint density at radius 3 is 2.29 bits per heavy atom. The first kappa shape index (κ1) is 16.2. The van der Waals surface area contributed by atoms with Gasteiger partial charge in [0, 0.05) is 19.2 Å². The predicted molar refractivity (Wildman–Crippen MR) is 62.1 cm³/mol. The van der Waals surface area contributed by atoms with Crippen LogP contribution in [-0.2, 0) is 6.18 Å². The molecule has 10 heteroatoms. The van der Waals surface area contributed by atoms with E-state index >= 15 is 0 Å². The van der Waals surface area contributed by atoms with Crippen LogP contribution in [0.1, 0.15) is 12.0 Å². The van der Waals surface area contributed by atoms with Gasteiger partial charge in [0.1, 0.15) is 5.82 Å². The fourth-order valence-corrected chi connectivity index (χ4v) is 2.31. The molecule has 1 aliphatic rings. The van der Waals surface area contributed by atoms with Crippen molar-refractivity contribution in [3.05, 3.63) is 22.8 Å². The van der Waals surface area contributed by atoms with Crippen molar-refractivity contribution in [3.8, 4) is 0 Å². The van der Waals surface area contributed by atoms with E-state index in [1.807, 2.05) is 0 Å². The summed E-state index contributed by atoms with van der Waals surface area (Å²) in [6, 6.07) is 0.592. The Hall–Kier alpha value is -1.22. The van der Waals surface area contributed by atoms with Gasteiger partial charge in [0.05, 0.1) is 17.1 Å². The molecule has 1 aromatic rings. The summed E-state index contributed by atoms with van der Waals surface area (Å²) in [6.45, 7) is -1.04. The fourth-order valence-electron chi connectivity index (χ4n) is 2.02. The van der Waals surface area contributed by atoms with E-state index < -0.39 is 41.5 Å². The zero-order valence-electron chi connectivity index (χ0n) is 10.3. The second-order valence-corrected chi connectivity index (χ2v) is 5.14. The number of β-amino-alcohol motifs (C(OH)–C–C–N with tert-alkyl or cyclic N) is 1. The number of aromatic nitrogens is 1. The number of aliphatic hydroxyl groups is 1. The molecule has 0 radical (unpaired) electrons. The van der Waals surface area contributed by atoms with Crippen molar-refractivity contribution in [2.24, 2.45) is 0 Å². The molecule has 118 valence electrons. The topological polar surface area (TPSA) is 36.4 Å². The SMILES string of the molecule is O[C@@]1(C(F)(F)F)CCN(c2ncc(C(F)(F)F)cc2Cl)C1. The molecule has 2 rings (SSSR count). The molecule has 0 saturated carbocycles. The van der Waals surface area contributed by atoms with Crippen LogP contribution >= 0.6 is 11.6 Å². The maximum atomic E-state index is 12.7. The minimum Gasteiger partial charge on any atom is -0.379 e. The Morgan fingerprint density at radius 2 is 1.86 bits per heavy atom. The second-order valence-electron chi connectivity index (χ2n) is 4.73. The van der Waals surface area contributed by atoms with Crippen molar-refractivity contribution in [2.75, 3.05) is 18.0 Å². The predicted octanol–water partition coefficient (Wildman–Crippen LogP) is 3.26. The van der Waals surface area contributed by atoms with Crippen LogP contribution < -0.4 is 4.90 Å². The summed E-state index contributed by atoms with van der Waals surface area (Å²) in [5.41, 5.74) is -4.01. The van der Waals surface area contributed by atoms with Gasteiger partial charge in [-0.3, -0.25) is 0 Å². The van der Waals surface area contributed by atoms with Crippen molar-refractivity contribution in [1.82, 2.24) is 4.98 Å². The molecule has 0 aliphatic carbocycles. The summed E-state index contributed by atoms with van der Waals surface area (Å²) in [5.74, 6) is -0.218. The highest BCUT2D eigenvalue weighted by molar-refractivity contribution is 6.33. The van der Waals surface area contributed by atoms with Gasteiger partial charge < -0.3 is 10.0 Å². The largest absolute Gasteiger partial charge is 0.418 e. The minimum atomic E-state index is -4.83. The van der Waals surface area contributed by atoms with Gasteiger partial charge in [-0.15, -0.1) is 0 Å². The Labute approximate surface area is 120 Å². The molecular formula is C11H9ClF6N2O. The molecule has 1 aromatic heterocycles. The molecule has 1 aliphatic heterocycles. The highest BCUT2D eigenvalue weighted by Crippen LogP contribution is 2.41. The standard InChI is InChI=1S/C11H9ClF6N2O/c12-7-3-6(10(13,14)15)4-19-8(7)20-2-1-9(21,5-20)11(16,17)18/h3-4,21H,1-2,5H2/t9-/m0/s1. The second kappa shape index (κ2) is 4.91. The maximum Gasteiger partial charge on any atom is 0.418 e. The lowest BCUT2D eigenvalue weighted by atomic mass is 10.0. The minimum absolute atomic E-state index is 0.214. The van der Waals surface area contributed by atoms with Gasteiger partial charge in [0.25, 0.3) is 0 Å². The molecule has 0 unspecified atom stereocenters. The third-order valence-corrected chi connectivity index (χ3v) is 3.50. The smallest absolute Gasteiger partial charge is 0.379 e. The Balaban J connectivity index is 2.26.